The van der Waals surface area contributed by atoms with Crippen LogP contribution in [0.5, 0.6) is 0 Å². The van der Waals surface area contributed by atoms with Crippen LogP contribution in [-0.2, 0) is 4.79 Å². The Hall–Kier alpha value is -3.18. The van der Waals surface area contributed by atoms with Gasteiger partial charge in [-0.1, -0.05) is 23.9 Å². The molecule has 3 aromatic rings. The van der Waals surface area contributed by atoms with E-state index in [0.29, 0.717) is 17.3 Å². The van der Waals surface area contributed by atoms with Crippen LogP contribution in [-0.4, -0.2) is 30.9 Å². The fourth-order valence-electron chi connectivity index (χ4n) is 2.85. The Morgan fingerprint density at radius 3 is 2.82 bits per heavy atom. The van der Waals surface area contributed by atoms with E-state index >= 15 is 0 Å². The van der Waals surface area contributed by atoms with E-state index in [1.807, 2.05) is 19.1 Å². The van der Waals surface area contributed by atoms with E-state index in [0.717, 1.165) is 29.4 Å². The van der Waals surface area contributed by atoms with Crippen molar-refractivity contribution >= 4 is 23.4 Å². The number of aromatic nitrogens is 4. The van der Waals surface area contributed by atoms with Gasteiger partial charge in [0.25, 0.3) is 0 Å². The number of hydrogen-bond donors (Lipinski definition) is 1. The molecule has 1 aliphatic carbocycles. The van der Waals surface area contributed by atoms with E-state index in [1.165, 1.54) is 11.8 Å². The summed E-state index contributed by atoms with van der Waals surface area (Å²) in [6.45, 7) is 1.82. The highest BCUT2D eigenvalue weighted by Gasteiger charge is 2.31. The molecule has 1 fully saturated rings. The van der Waals surface area contributed by atoms with Gasteiger partial charge in [0.05, 0.1) is 16.5 Å². The van der Waals surface area contributed by atoms with Gasteiger partial charge in [0.1, 0.15) is 6.07 Å². The molecule has 0 spiro atoms. The van der Waals surface area contributed by atoms with Crippen LogP contribution in [0.3, 0.4) is 0 Å². The number of benzene rings is 1. The van der Waals surface area contributed by atoms with E-state index in [2.05, 4.69) is 31.1 Å². The summed E-state index contributed by atoms with van der Waals surface area (Å²) in [6.07, 6.45) is 5.65. The minimum absolute atomic E-state index is 0.180. The Morgan fingerprint density at radius 1 is 1.29 bits per heavy atom. The smallest absolute Gasteiger partial charge is 0.237 e. The summed E-state index contributed by atoms with van der Waals surface area (Å²) in [7, 11) is 0. The normalized spacial score (nSPS) is 14.3. The Labute approximate surface area is 166 Å². The molecule has 28 heavy (non-hydrogen) atoms. The molecular formula is C20H18N6OS. The average molecular weight is 390 g/mol. The van der Waals surface area contributed by atoms with Crippen molar-refractivity contribution < 1.29 is 4.79 Å². The lowest BCUT2D eigenvalue weighted by Gasteiger charge is -2.14. The van der Waals surface area contributed by atoms with E-state index in [-0.39, 0.29) is 5.91 Å². The van der Waals surface area contributed by atoms with Gasteiger partial charge in [0.2, 0.25) is 5.91 Å². The van der Waals surface area contributed by atoms with Crippen LogP contribution in [0.25, 0.3) is 11.4 Å². The van der Waals surface area contributed by atoms with Gasteiger partial charge < -0.3 is 5.32 Å². The maximum atomic E-state index is 12.6. The Bertz CT molecular complexity index is 1040. The van der Waals surface area contributed by atoms with Gasteiger partial charge in [-0.05, 0) is 44.0 Å². The van der Waals surface area contributed by atoms with Crippen LogP contribution in [0.2, 0.25) is 0 Å². The summed E-state index contributed by atoms with van der Waals surface area (Å²) in [6, 6.07) is 13.2. The number of carbonyl (C=O) groups excluding carboxylic acids is 1. The van der Waals surface area contributed by atoms with Gasteiger partial charge in [0.15, 0.2) is 11.0 Å². The molecule has 2 aromatic heterocycles. The third-order valence-corrected chi connectivity index (χ3v) is 5.51. The van der Waals surface area contributed by atoms with Crippen molar-refractivity contribution in [2.45, 2.75) is 36.2 Å². The van der Waals surface area contributed by atoms with E-state index in [1.54, 1.807) is 36.7 Å². The molecular weight excluding hydrogens is 372 g/mol. The van der Waals surface area contributed by atoms with E-state index in [9.17, 15) is 10.1 Å². The first-order valence-electron chi connectivity index (χ1n) is 8.99. The number of para-hydroxylation sites is 1. The van der Waals surface area contributed by atoms with Crippen LogP contribution >= 0.6 is 11.8 Å². The van der Waals surface area contributed by atoms with Gasteiger partial charge in [-0.2, -0.15) is 5.26 Å². The molecule has 1 saturated carbocycles. The molecule has 8 heteroatoms. The van der Waals surface area contributed by atoms with Crippen molar-refractivity contribution in [3.8, 4) is 17.5 Å². The molecule has 7 nitrogen and oxygen atoms in total. The summed E-state index contributed by atoms with van der Waals surface area (Å²) in [5, 5.41) is 21.0. The number of nitrogens with one attached hydrogen (secondary N) is 1. The molecule has 0 saturated heterocycles. The third-order valence-electron chi connectivity index (χ3n) is 4.45. The quantitative estimate of drug-likeness (QED) is 0.645. The molecule has 0 radical (unpaired) electrons. The molecule has 0 unspecified atom stereocenters. The van der Waals surface area contributed by atoms with Crippen LogP contribution in [0.15, 0.2) is 53.9 Å². The number of nitrogens with zero attached hydrogens (tertiary/aromatic N) is 5. The van der Waals surface area contributed by atoms with Gasteiger partial charge in [-0.25, -0.2) is 0 Å². The molecule has 0 bridgehead atoms. The zero-order valence-electron chi connectivity index (χ0n) is 15.2. The maximum absolute atomic E-state index is 12.6. The standard InChI is InChI=1S/C20H18N6OS/c1-13(19(27)23-17-7-3-2-5-14(17)11-21)28-20-25-24-18(26(20)16-8-9-16)15-6-4-10-22-12-15/h2-7,10,12-13,16H,8-9H2,1H3,(H,23,27)/t13-/m0/s1. The molecule has 1 aliphatic rings. The third kappa shape index (κ3) is 3.75. The molecule has 140 valence electrons. The molecule has 1 aromatic carbocycles. The van der Waals surface area contributed by atoms with Crippen molar-refractivity contribution in [1.29, 1.82) is 5.26 Å². The SMILES string of the molecule is C[C@H](Sc1nnc(-c2cccnc2)n1C1CC1)C(=O)Nc1ccccc1C#N. The lowest BCUT2D eigenvalue weighted by atomic mass is 10.2. The van der Waals surface area contributed by atoms with Gasteiger partial charge in [-0.3, -0.25) is 14.3 Å². The van der Waals surface area contributed by atoms with Crippen LogP contribution in [0, 0.1) is 11.3 Å². The topological polar surface area (TPSA) is 96.5 Å². The fraction of sp³-hybridized carbons (Fsp3) is 0.250. The molecule has 4 rings (SSSR count). The zero-order valence-corrected chi connectivity index (χ0v) is 16.1. The molecule has 2 heterocycles. The summed E-state index contributed by atoms with van der Waals surface area (Å²) in [5.74, 6) is 0.599. The minimum atomic E-state index is -0.393. The van der Waals surface area contributed by atoms with Crippen LogP contribution in [0.1, 0.15) is 31.4 Å². The zero-order chi connectivity index (χ0) is 19.5. The van der Waals surface area contributed by atoms with Crippen molar-refractivity contribution in [3.63, 3.8) is 0 Å². The Morgan fingerprint density at radius 2 is 2.11 bits per heavy atom. The number of thioether (sulfide) groups is 1. The number of hydrogen-bond acceptors (Lipinski definition) is 6. The van der Waals surface area contributed by atoms with Crippen LogP contribution < -0.4 is 5.32 Å². The maximum Gasteiger partial charge on any atom is 0.237 e. The van der Waals surface area contributed by atoms with Crippen molar-refractivity contribution in [3.05, 3.63) is 54.4 Å². The van der Waals surface area contributed by atoms with Gasteiger partial charge >= 0.3 is 0 Å². The number of carbonyl (C=O) groups is 1. The monoisotopic (exact) mass is 390 g/mol. The number of rotatable bonds is 6. The van der Waals surface area contributed by atoms with Gasteiger partial charge in [0, 0.05) is 24.0 Å². The first kappa shape index (κ1) is 18.2. The van der Waals surface area contributed by atoms with Crippen molar-refractivity contribution in [2.75, 3.05) is 5.32 Å². The number of pyridine rings is 1. The lowest BCUT2D eigenvalue weighted by molar-refractivity contribution is -0.115. The molecule has 0 aliphatic heterocycles. The Balaban J connectivity index is 1.53. The second kappa shape index (κ2) is 7.82. The van der Waals surface area contributed by atoms with Crippen molar-refractivity contribution in [1.82, 2.24) is 19.7 Å². The fourth-order valence-corrected chi connectivity index (χ4v) is 3.77. The highest BCUT2D eigenvalue weighted by atomic mass is 32.2. The largest absolute Gasteiger partial charge is 0.324 e. The van der Waals surface area contributed by atoms with Gasteiger partial charge in [-0.15, -0.1) is 10.2 Å². The predicted octanol–water partition coefficient (Wildman–Crippen LogP) is 3.67. The highest BCUT2D eigenvalue weighted by molar-refractivity contribution is 8.00. The second-order valence-electron chi connectivity index (χ2n) is 6.56. The summed E-state index contributed by atoms with van der Waals surface area (Å²) >= 11 is 1.37. The number of anilines is 1. The minimum Gasteiger partial charge on any atom is -0.324 e. The Kier molecular flexibility index (Phi) is 5.08. The molecule has 1 amide bonds. The summed E-state index contributed by atoms with van der Waals surface area (Å²) < 4.78 is 2.11. The summed E-state index contributed by atoms with van der Waals surface area (Å²) in [4.78, 5) is 16.8. The second-order valence-corrected chi connectivity index (χ2v) is 7.86. The lowest BCUT2D eigenvalue weighted by Crippen LogP contribution is -2.23. The first-order valence-corrected chi connectivity index (χ1v) is 9.87. The predicted molar refractivity (Wildman–Crippen MR) is 107 cm³/mol. The number of amides is 1. The van der Waals surface area contributed by atoms with E-state index in [4.69, 9.17) is 0 Å². The molecule has 1 N–H and O–H groups in total. The van der Waals surface area contributed by atoms with Crippen molar-refractivity contribution in [2.24, 2.45) is 0 Å². The van der Waals surface area contributed by atoms with E-state index < -0.39 is 5.25 Å². The van der Waals surface area contributed by atoms with Crippen LogP contribution in [0.4, 0.5) is 5.69 Å². The first-order chi connectivity index (χ1) is 13.7. The highest BCUT2D eigenvalue weighted by Crippen LogP contribution is 2.41. The average Bonchev–Trinajstić information content (AvgIpc) is 3.49. The number of nitriles is 1. The molecule has 1 atom stereocenters. The summed E-state index contributed by atoms with van der Waals surface area (Å²) in [5.41, 5.74) is 1.86.